The quantitative estimate of drug-likeness (QED) is 0.787. The Balaban J connectivity index is 2.60. The van der Waals surface area contributed by atoms with Gasteiger partial charge in [0, 0.05) is 10.7 Å². The van der Waals surface area contributed by atoms with Crippen LogP contribution in [0, 0.1) is 5.92 Å². The fraction of sp³-hybridized carbons (Fsp3) is 0.333. The van der Waals surface area contributed by atoms with Crippen molar-refractivity contribution in [2.75, 3.05) is 5.32 Å². The topological polar surface area (TPSA) is 78.4 Å². The molecule has 2 amide bonds. The molecule has 18 heavy (non-hydrogen) atoms. The fourth-order valence-corrected chi connectivity index (χ4v) is 1.48. The second-order valence-corrected chi connectivity index (χ2v) is 4.60. The van der Waals surface area contributed by atoms with E-state index in [4.69, 9.17) is 16.7 Å². The molecule has 98 valence electrons. The molecule has 1 aromatic carbocycles. The minimum Gasteiger partial charge on any atom is -0.480 e. The van der Waals surface area contributed by atoms with Crippen LogP contribution in [0.2, 0.25) is 5.02 Å². The van der Waals surface area contributed by atoms with Crippen LogP contribution < -0.4 is 10.6 Å². The number of carboxylic acids is 1. The smallest absolute Gasteiger partial charge is 0.326 e. The van der Waals surface area contributed by atoms with Gasteiger partial charge in [-0.25, -0.2) is 9.59 Å². The standard InChI is InChI=1S/C12H15ClN2O3/c1-7(2)10(11(16)17)15-12(18)14-9-5-3-8(13)4-6-9/h3-7,10H,1-2H3,(H,16,17)(H2,14,15,18). The molecule has 5 nitrogen and oxygen atoms in total. The van der Waals surface area contributed by atoms with E-state index in [9.17, 15) is 9.59 Å². The molecule has 0 spiro atoms. The van der Waals surface area contributed by atoms with Gasteiger partial charge >= 0.3 is 12.0 Å². The van der Waals surface area contributed by atoms with Crippen LogP contribution in [0.15, 0.2) is 24.3 Å². The van der Waals surface area contributed by atoms with E-state index in [1.807, 2.05) is 0 Å². The van der Waals surface area contributed by atoms with Gasteiger partial charge in [-0.3, -0.25) is 0 Å². The lowest BCUT2D eigenvalue weighted by molar-refractivity contribution is -0.140. The first kappa shape index (κ1) is 14.3. The number of urea groups is 1. The summed E-state index contributed by atoms with van der Waals surface area (Å²) in [6.45, 7) is 3.45. The minimum absolute atomic E-state index is 0.196. The normalized spacial score (nSPS) is 12.0. The Morgan fingerprint density at radius 3 is 2.22 bits per heavy atom. The summed E-state index contributed by atoms with van der Waals surface area (Å²) in [4.78, 5) is 22.5. The first-order valence-corrected chi connectivity index (χ1v) is 5.84. The summed E-state index contributed by atoms with van der Waals surface area (Å²) in [5.41, 5.74) is 0.546. The van der Waals surface area contributed by atoms with Crippen molar-refractivity contribution in [2.45, 2.75) is 19.9 Å². The maximum Gasteiger partial charge on any atom is 0.326 e. The van der Waals surface area contributed by atoms with Gasteiger partial charge < -0.3 is 15.7 Å². The molecule has 1 aromatic rings. The Morgan fingerprint density at radius 1 is 1.22 bits per heavy atom. The molecule has 0 aromatic heterocycles. The molecule has 0 aliphatic rings. The van der Waals surface area contributed by atoms with Crippen LogP contribution >= 0.6 is 11.6 Å². The molecular formula is C12H15ClN2O3. The number of anilines is 1. The van der Waals surface area contributed by atoms with Crippen molar-refractivity contribution >= 4 is 29.3 Å². The van der Waals surface area contributed by atoms with E-state index < -0.39 is 18.0 Å². The highest BCUT2D eigenvalue weighted by Gasteiger charge is 2.23. The molecule has 0 fully saturated rings. The van der Waals surface area contributed by atoms with Gasteiger partial charge in [0.25, 0.3) is 0 Å². The number of aliphatic carboxylic acids is 1. The lowest BCUT2D eigenvalue weighted by Crippen LogP contribution is -2.46. The molecule has 0 aliphatic carbocycles. The molecule has 1 unspecified atom stereocenters. The zero-order chi connectivity index (χ0) is 13.7. The van der Waals surface area contributed by atoms with Crippen LogP contribution in [0.1, 0.15) is 13.8 Å². The van der Waals surface area contributed by atoms with E-state index in [2.05, 4.69) is 10.6 Å². The number of carbonyl (C=O) groups is 2. The SMILES string of the molecule is CC(C)C(NC(=O)Nc1ccc(Cl)cc1)C(=O)O. The van der Waals surface area contributed by atoms with E-state index in [1.54, 1.807) is 38.1 Å². The first-order chi connectivity index (χ1) is 8.40. The van der Waals surface area contributed by atoms with Gasteiger partial charge in [0.2, 0.25) is 0 Å². The highest BCUT2D eigenvalue weighted by molar-refractivity contribution is 6.30. The predicted molar refractivity (Wildman–Crippen MR) is 69.9 cm³/mol. The fourth-order valence-electron chi connectivity index (χ4n) is 1.36. The largest absolute Gasteiger partial charge is 0.480 e. The number of hydrogen-bond acceptors (Lipinski definition) is 2. The first-order valence-electron chi connectivity index (χ1n) is 5.46. The van der Waals surface area contributed by atoms with Gasteiger partial charge in [-0.05, 0) is 30.2 Å². The van der Waals surface area contributed by atoms with Crippen molar-refractivity contribution in [3.8, 4) is 0 Å². The number of hydrogen-bond donors (Lipinski definition) is 3. The molecule has 0 heterocycles. The third-order valence-corrected chi connectivity index (χ3v) is 2.57. The number of nitrogens with one attached hydrogen (secondary N) is 2. The average Bonchev–Trinajstić information content (AvgIpc) is 2.28. The van der Waals surface area contributed by atoms with Crippen LogP contribution in [0.5, 0.6) is 0 Å². The summed E-state index contributed by atoms with van der Waals surface area (Å²) in [6, 6.07) is 5.05. The molecule has 0 aliphatic heterocycles. The summed E-state index contributed by atoms with van der Waals surface area (Å²) in [5.74, 6) is -1.25. The molecule has 6 heteroatoms. The minimum atomic E-state index is -1.06. The highest BCUT2D eigenvalue weighted by Crippen LogP contribution is 2.13. The summed E-state index contributed by atoms with van der Waals surface area (Å²) in [5, 5.41) is 14.4. The van der Waals surface area contributed by atoms with Crippen LogP contribution in [0.4, 0.5) is 10.5 Å². The van der Waals surface area contributed by atoms with Crippen LogP contribution in [0.3, 0.4) is 0 Å². The Bertz CT molecular complexity index is 431. The van der Waals surface area contributed by atoms with Crippen molar-refractivity contribution in [1.82, 2.24) is 5.32 Å². The summed E-state index contributed by atoms with van der Waals surface area (Å²) in [6.07, 6.45) is 0. The number of carbonyl (C=O) groups excluding carboxylic acids is 1. The van der Waals surface area contributed by atoms with Gasteiger partial charge in [-0.2, -0.15) is 0 Å². The molecule has 0 saturated heterocycles. The van der Waals surface area contributed by atoms with Gasteiger partial charge in [-0.15, -0.1) is 0 Å². The zero-order valence-corrected chi connectivity index (χ0v) is 10.9. The number of carboxylic acid groups (broad SMARTS) is 1. The zero-order valence-electron chi connectivity index (χ0n) is 10.1. The van der Waals surface area contributed by atoms with E-state index in [1.165, 1.54) is 0 Å². The van der Waals surface area contributed by atoms with E-state index in [0.29, 0.717) is 10.7 Å². The molecule has 0 bridgehead atoms. The molecule has 3 N–H and O–H groups in total. The molecular weight excluding hydrogens is 256 g/mol. The van der Waals surface area contributed by atoms with Crippen LogP contribution in [-0.4, -0.2) is 23.1 Å². The number of amides is 2. The molecule has 1 rings (SSSR count). The van der Waals surface area contributed by atoms with E-state index in [0.717, 1.165) is 0 Å². The third kappa shape index (κ3) is 4.25. The van der Waals surface area contributed by atoms with Gasteiger partial charge in [-0.1, -0.05) is 25.4 Å². The van der Waals surface area contributed by atoms with Gasteiger partial charge in [0.1, 0.15) is 6.04 Å². The molecule has 1 atom stereocenters. The number of halogens is 1. The van der Waals surface area contributed by atoms with Crippen molar-refractivity contribution < 1.29 is 14.7 Å². The Kier molecular flexibility index (Phi) is 4.97. The average molecular weight is 271 g/mol. The van der Waals surface area contributed by atoms with Gasteiger partial charge in [0.05, 0.1) is 0 Å². The van der Waals surface area contributed by atoms with Crippen molar-refractivity contribution in [3.63, 3.8) is 0 Å². The lowest BCUT2D eigenvalue weighted by atomic mass is 10.1. The second kappa shape index (κ2) is 6.26. The Hall–Kier alpha value is -1.75. The number of benzene rings is 1. The third-order valence-electron chi connectivity index (χ3n) is 2.32. The van der Waals surface area contributed by atoms with E-state index >= 15 is 0 Å². The van der Waals surface area contributed by atoms with Crippen molar-refractivity contribution in [3.05, 3.63) is 29.3 Å². The summed E-state index contributed by atoms with van der Waals surface area (Å²) < 4.78 is 0. The molecule has 0 saturated carbocycles. The predicted octanol–water partition coefficient (Wildman–Crippen LogP) is 2.57. The highest BCUT2D eigenvalue weighted by atomic mass is 35.5. The maximum atomic E-state index is 11.6. The maximum absolute atomic E-state index is 11.6. The Morgan fingerprint density at radius 2 is 1.78 bits per heavy atom. The van der Waals surface area contributed by atoms with Crippen LogP contribution in [0.25, 0.3) is 0 Å². The van der Waals surface area contributed by atoms with Crippen molar-refractivity contribution in [2.24, 2.45) is 5.92 Å². The van der Waals surface area contributed by atoms with E-state index in [-0.39, 0.29) is 5.92 Å². The van der Waals surface area contributed by atoms with Crippen molar-refractivity contribution in [1.29, 1.82) is 0 Å². The Labute approximate surface area is 110 Å². The summed E-state index contributed by atoms with van der Waals surface area (Å²) >= 11 is 5.71. The summed E-state index contributed by atoms with van der Waals surface area (Å²) in [7, 11) is 0. The van der Waals surface area contributed by atoms with Gasteiger partial charge in [0.15, 0.2) is 0 Å². The second-order valence-electron chi connectivity index (χ2n) is 4.17. The molecule has 0 radical (unpaired) electrons. The number of rotatable bonds is 4. The van der Waals surface area contributed by atoms with Crippen LogP contribution in [-0.2, 0) is 4.79 Å². The monoisotopic (exact) mass is 270 g/mol. The lowest BCUT2D eigenvalue weighted by Gasteiger charge is -2.18.